The van der Waals surface area contributed by atoms with Crippen LogP contribution in [0, 0.1) is 5.82 Å². The van der Waals surface area contributed by atoms with Gasteiger partial charge >= 0.3 is 0 Å². The summed E-state index contributed by atoms with van der Waals surface area (Å²) < 4.78 is 17.2. The lowest BCUT2D eigenvalue weighted by Gasteiger charge is -2.27. The molecule has 2 atom stereocenters. The monoisotopic (exact) mass is 386 g/mol. The van der Waals surface area contributed by atoms with Gasteiger partial charge in [-0.2, -0.15) is 5.10 Å². The van der Waals surface area contributed by atoms with Gasteiger partial charge in [-0.1, -0.05) is 0 Å². The minimum Gasteiger partial charge on any atom is -0.314 e. The molecule has 26 heavy (non-hydrogen) atoms. The molecule has 5 rings (SSSR count). The van der Waals surface area contributed by atoms with Gasteiger partial charge in [-0.05, 0) is 50.4 Å². The third kappa shape index (κ3) is 2.74. The molecule has 4 heterocycles. The first-order chi connectivity index (χ1) is 12.6. The van der Waals surface area contributed by atoms with Crippen LogP contribution in [0.15, 0.2) is 24.4 Å². The molecule has 1 aromatic carbocycles. The van der Waals surface area contributed by atoms with Crippen LogP contribution >= 0.6 is 22.7 Å². The Labute approximate surface area is 158 Å². The summed E-state index contributed by atoms with van der Waals surface area (Å²) in [4.78, 5) is 7.30. The second-order valence-corrected chi connectivity index (χ2v) is 9.21. The minimum absolute atomic E-state index is 0.291. The van der Waals surface area contributed by atoms with Crippen LogP contribution in [-0.4, -0.2) is 27.4 Å². The van der Waals surface area contributed by atoms with Gasteiger partial charge < -0.3 is 5.32 Å². The maximum atomic E-state index is 14.4. The average molecular weight is 387 g/mol. The number of rotatable bonds is 2. The topological polar surface area (TPSA) is 42.7 Å². The maximum absolute atomic E-state index is 14.4. The Hall–Kier alpha value is -1.83. The summed E-state index contributed by atoms with van der Waals surface area (Å²) in [6.45, 7) is 3.34. The van der Waals surface area contributed by atoms with E-state index in [0.717, 1.165) is 27.3 Å². The van der Waals surface area contributed by atoms with Crippen molar-refractivity contribution in [2.24, 2.45) is 7.05 Å². The standard InChI is InChI=1S/C19H19FN4S2/c1-10-5-11(3-4-21-10)15-8-16-19(25-15)22-18(26-16)12-6-13-9-24(2)23-17(13)14(20)7-12/h6-11,21H,3-5H2,1-2H3/t10-,11+/m0/s1. The van der Waals surface area contributed by atoms with Crippen molar-refractivity contribution in [1.29, 1.82) is 0 Å². The molecule has 1 saturated heterocycles. The fourth-order valence-electron chi connectivity index (χ4n) is 3.80. The Balaban J connectivity index is 1.51. The smallest absolute Gasteiger partial charge is 0.152 e. The Kier molecular flexibility index (Phi) is 3.84. The fraction of sp³-hybridized carbons (Fsp3) is 0.368. The van der Waals surface area contributed by atoms with Crippen LogP contribution in [-0.2, 0) is 7.05 Å². The van der Waals surface area contributed by atoms with Crippen molar-refractivity contribution in [3.05, 3.63) is 35.1 Å². The molecule has 1 fully saturated rings. The van der Waals surface area contributed by atoms with Crippen LogP contribution in [0.2, 0.25) is 0 Å². The Morgan fingerprint density at radius 1 is 1.27 bits per heavy atom. The van der Waals surface area contributed by atoms with Crippen LogP contribution in [0.25, 0.3) is 31.0 Å². The first kappa shape index (κ1) is 16.4. The van der Waals surface area contributed by atoms with E-state index < -0.39 is 0 Å². The molecule has 0 saturated carbocycles. The largest absolute Gasteiger partial charge is 0.314 e. The van der Waals surface area contributed by atoms with E-state index in [0.29, 0.717) is 17.5 Å². The second kappa shape index (κ2) is 6.11. The van der Waals surface area contributed by atoms with E-state index in [1.807, 2.05) is 19.3 Å². The number of fused-ring (bicyclic) bond motifs is 2. The van der Waals surface area contributed by atoms with Crippen molar-refractivity contribution in [2.45, 2.75) is 31.7 Å². The van der Waals surface area contributed by atoms with Crippen molar-refractivity contribution >= 4 is 43.1 Å². The average Bonchev–Trinajstić information content (AvgIpc) is 3.26. The summed E-state index contributed by atoms with van der Waals surface area (Å²) in [6.07, 6.45) is 4.21. The molecule has 7 heteroatoms. The predicted molar refractivity (Wildman–Crippen MR) is 107 cm³/mol. The summed E-state index contributed by atoms with van der Waals surface area (Å²) in [5, 5.41) is 9.37. The van der Waals surface area contributed by atoms with Crippen molar-refractivity contribution in [2.75, 3.05) is 6.54 Å². The van der Waals surface area contributed by atoms with E-state index in [4.69, 9.17) is 4.98 Å². The molecule has 3 aromatic heterocycles. The van der Waals surface area contributed by atoms with Crippen LogP contribution in [0.3, 0.4) is 0 Å². The van der Waals surface area contributed by atoms with Crippen molar-refractivity contribution in [1.82, 2.24) is 20.1 Å². The lowest BCUT2D eigenvalue weighted by molar-refractivity contribution is 0.384. The normalized spacial score (nSPS) is 21.0. The predicted octanol–water partition coefficient (Wildman–Crippen LogP) is 4.91. The van der Waals surface area contributed by atoms with E-state index in [9.17, 15) is 4.39 Å². The van der Waals surface area contributed by atoms with E-state index in [1.54, 1.807) is 33.4 Å². The van der Waals surface area contributed by atoms with Crippen LogP contribution in [0.5, 0.6) is 0 Å². The molecule has 0 radical (unpaired) electrons. The van der Waals surface area contributed by atoms with Gasteiger partial charge in [0.15, 0.2) is 5.82 Å². The van der Waals surface area contributed by atoms with E-state index in [2.05, 4.69) is 23.4 Å². The van der Waals surface area contributed by atoms with Gasteiger partial charge in [0.25, 0.3) is 0 Å². The highest BCUT2D eigenvalue weighted by molar-refractivity contribution is 7.28. The summed E-state index contributed by atoms with van der Waals surface area (Å²) in [5.74, 6) is 0.339. The van der Waals surface area contributed by atoms with Gasteiger partial charge in [0.1, 0.15) is 15.4 Å². The molecule has 0 amide bonds. The lowest BCUT2D eigenvalue weighted by atomic mass is 9.92. The summed E-state index contributed by atoms with van der Waals surface area (Å²) in [6, 6.07) is 6.39. The number of nitrogens with zero attached hydrogens (tertiary/aromatic N) is 3. The van der Waals surface area contributed by atoms with Gasteiger partial charge in [0, 0.05) is 35.1 Å². The molecule has 134 valence electrons. The molecule has 0 bridgehead atoms. The first-order valence-corrected chi connectivity index (χ1v) is 10.5. The molecule has 1 aliphatic rings. The van der Waals surface area contributed by atoms with E-state index in [-0.39, 0.29) is 5.82 Å². The third-order valence-corrected chi connectivity index (χ3v) is 7.43. The SMILES string of the molecule is C[C@H]1C[C@H](c2cc3sc(-c4cc(F)c5nn(C)cc5c4)nc3s2)CCN1. The molecule has 1 aliphatic heterocycles. The molecule has 0 aliphatic carbocycles. The van der Waals surface area contributed by atoms with Gasteiger partial charge in [-0.15, -0.1) is 22.7 Å². The number of halogens is 1. The fourth-order valence-corrected chi connectivity index (χ4v) is 6.16. The van der Waals surface area contributed by atoms with Crippen molar-refractivity contribution < 1.29 is 4.39 Å². The highest BCUT2D eigenvalue weighted by Gasteiger charge is 2.23. The summed E-state index contributed by atoms with van der Waals surface area (Å²) >= 11 is 3.44. The maximum Gasteiger partial charge on any atom is 0.152 e. The van der Waals surface area contributed by atoms with Gasteiger partial charge in [-0.25, -0.2) is 9.37 Å². The second-order valence-electron chi connectivity index (χ2n) is 7.11. The van der Waals surface area contributed by atoms with E-state index >= 15 is 0 Å². The first-order valence-electron chi connectivity index (χ1n) is 8.84. The van der Waals surface area contributed by atoms with Crippen LogP contribution in [0.1, 0.15) is 30.6 Å². The summed E-state index contributed by atoms with van der Waals surface area (Å²) in [5.41, 5.74) is 1.24. The molecule has 4 aromatic rings. The zero-order chi connectivity index (χ0) is 17.8. The Bertz CT molecular complexity index is 1080. The summed E-state index contributed by atoms with van der Waals surface area (Å²) in [7, 11) is 1.81. The Morgan fingerprint density at radius 2 is 2.15 bits per heavy atom. The van der Waals surface area contributed by atoms with Crippen molar-refractivity contribution in [3.8, 4) is 10.6 Å². The van der Waals surface area contributed by atoms with Crippen LogP contribution < -0.4 is 5.32 Å². The lowest BCUT2D eigenvalue weighted by Crippen LogP contribution is -2.34. The third-order valence-electron chi connectivity index (χ3n) is 5.06. The van der Waals surface area contributed by atoms with Gasteiger partial charge in [0.2, 0.25) is 0 Å². The number of thiophene rings is 1. The number of aromatic nitrogens is 3. The van der Waals surface area contributed by atoms with Gasteiger partial charge in [0.05, 0.1) is 4.70 Å². The number of piperidine rings is 1. The number of aryl methyl sites for hydroxylation is 1. The highest BCUT2D eigenvalue weighted by atomic mass is 32.1. The zero-order valence-electron chi connectivity index (χ0n) is 14.6. The zero-order valence-corrected chi connectivity index (χ0v) is 16.3. The molecule has 1 N–H and O–H groups in total. The molecule has 0 spiro atoms. The number of hydrogen-bond donors (Lipinski definition) is 1. The number of hydrogen-bond acceptors (Lipinski definition) is 5. The number of thiazole rings is 1. The number of benzene rings is 1. The van der Waals surface area contributed by atoms with Gasteiger partial charge in [-0.3, -0.25) is 4.68 Å². The molecule has 4 nitrogen and oxygen atoms in total. The quantitative estimate of drug-likeness (QED) is 0.532. The Morgan fingerprint density at radius 3 is 2.96 bits per heavy atom. The minimum atomic E-state index is -0.291. The molecular formula is C19H19FN4S2. The van der Waals surface area contributed by atoms with E-state index in [1.165, 1.54) is 22.4 Å². The molecular weight excluding hydrogens is 367 g/mol. The highest BCUT2D eigenvalue weighted by Crippen LogP contribution is 2.41. The molecule has 0 unspecified atom stereocenters. The number of nitrogens with one attached hydrogen (secondary N) is 1. The van der Waals surface area contributed by atoms with Crippen molar-refractivity contribution in [3.63, 3.8) is 0 Å². The van der Waals surface area contributed by atoms with Crippen LogP contribution in [0.4, 0.5) is 4.39 Å².